The summed E-state index contributed by atoms with van der Waals surface area (Å²) in [7, 11) is 3.34. The Labute approximate surface area is 127 Å². The second kappa shape index (κ2) is 5.48. The molecule has 112 valence electrons. The van der Waals surface area contributed by atoms with E-state index in [1.165, 1.54) is 7.11 Å². The lowest BCUT2D eigenvalue weighted by atomic mass is 10.1. The third kappa shape index (κ3) is 2.50. The van der Waals surface area contributed by atoms with Crippen molar-refractivity contribution in [2.24, 2.45) is 7.05 Å². The molecule has 3 rings (SSSR count). The predicted octanol–water partition coefficient (Wildman–Crippen LogP) is 2.54. The first-order chi connectivity index (χ1) is 10.6. The number of hydrogen-bond donors (Lipinski definition) is 1. The topological polar surface area (TPSA) is 69.0 Å². The van der Waals surface area contributed by atoms with E-state index in [2.05, 4.69) is 15.4 Å². The van der Waals surface area contributed by atoms with Gasteiger partial charge in [0.2, 0.25) is 5.88 Å². The van der Waals surface area contributed by atoms with Crippen LogP contribution in [-0.2, 0) is 7.05 Å². The Balaban J connectivity index is 2.04. The predicted molar refractivity (Wildman–Crippen MR) is 84.2 cm³/mol. The number of benzene rings is 1. The van der Waals surface area contributed by atoms with E-state index in [9.17, 15) is 4.79 Å². The molecule has 6 heteroatoms. The summed E-state index contributed by atoms with van der Waals surface area (Å²) in [5.74, 6) is 0.194. The minimum Gasteiger partial charge on any atom is -0.481 e. The van der Waals surface area contributed by atoms with Crippen molar-refractivity contribution < 1.29 is 9.53 Å². The summed E-state index contributed by atoms with van der Waals surface area (Å²) >= 11 is 0. The first-order valence-electron chi connectivity index (χ1n) is 6.84. The summed E-state index contributed by atoms with van der Waals surface area (Å²) in [4.78, 5) is 17.0. The molecule has 0 aliphatic heterocycles. The van der Waals surface area contributed by atoms with E-state index in [4.69, 9.17) is 4.74 Å². The minimum atomic E-state index is -0.215. The minimum absolute atomic E-state index is 0.215. The highest BCUT2D eigenvalue weighted by atomic mass is 16.5. The van der Waals surface area contributed by atoms with Crippen LogP contribution in [0.3, 0.4) is 0 Å². The van der Waals surface area contributed by atoms with Crippen LogP contribution in [0.25, 0.3) is 10.9 Å². The van der Waals surface area contributed by atoms with Gasteiger partial charge in [0.15, 0.2) is 0 Å². The Kier molecular flexibility index (Phi) is 3.50. The van der Waals surface area contributed by atoms with Gasteiger partial charge in [-0.15, -0.1) is 0 Å². The van der Waals surface area contributed by atoms with E-state index < -0.39 is 0 Å². The van der Waals surface area contributed by atoms with E-state index in [-0.39, 0.29) is 5.91 Å². The van der Waals surface area contributed by atoms with Crippen LogP contribution in [-0.4, -0.2) is 27.8 Å². The number of carbonyl (C=O) groups is 1. The van der Waals surface area contributed by atoms with Crippen molar-refractivity contribution in [3.05, 3.63) is 47.8 Å². The van der Waals surface area contributed by atoms with Crippen LogP contribution >= 0.6 is 0 Å². The number of nitrogens with one attached hydrogen (secondary N) is 1. The number of nitrogens with zero attached hydrogens (tertiary/aromatic N) is 3. The number of rotatable bonds is 3. The molecule has 2 aromatic heterocycles. The maximum absolute atomic E-state index is 12.6. The van der Waals surface area contributed by atoms with E-state index >= 15 is 0 Å². The van der Waals surface area contributed by atoms with Gasteiger partial charge in [0.1, 0.15) is 0 Å². The summed E-state index contributed by atoms with van der Waals surface area (Å²) in [6.45, 7) is 1.85. The molecule has 0 saturated carbocycles. The van der Waals surface area contributed by atoms with E-state index in [1.807, 2.05) is 38.2 Å². The van der Waals surface area contributed by atoms with Crippen molar-refractivity contribution in [2.75, 3.05) is 12.4 Å². The maximum Gasteiger partial charge on any atom is 0.256 e. The number of aryl methyl sites for hydroxylation is 2. The molecule has 0 radical (unpaired) electrons. The smallest absolute Gasteiger partial charge is 0.256 e. The molecule has 0 aliphatic carbocycles. The largest absolute Gasteiger partial charge is 0.481 e. The fourth-order valence-corrected chi connectivity index (χ4v) is 2.36. The lowest BCUT2D eigenvalue weighted by Crippen LogP contribution is -2.13. The van der Waals surface area contributed by atoms with Gasteiger partial charge in [0, 0.05) is 24.7 Å². The van der Waals surface area contributed by atoms with E-state index in [1.54, 1.807) is 16.9 Å². The molecule has 0 unspecified atom stereocenters. The third-order valence-electron chi connectivity index (χ3n) is 3.41. The Morgan fingerprint density at radius 3 is 2.77 bits per heavy atom. The molecule has 22 heavy (non-hydrogen) atoms. The lowest BCUT2D eigenvalue weighted by molar-refractivity contribution is 0.102. The second-order valence-electron chi connectivity index (χ2n) is 4.99. The monoisotopic (exact) mass is 296 g/mol. The molecule has 3 aromatic rings. The number of carbonyl (C=O) groups excluding carboxylic acids is 1. The zero-order chi connectivity index (χ0) is 15.7. The highest BCUT2D eigenvalue weighted by molar-refractivity contribution is 6.12. The molecule has 0 atom stereocenters. The van der Waals surface area contributed by atoms with Crippen LogP contribution in [0.2, 0.25) is 0 Å². The van der Waals surface area contributed by atoms with Crippen molar-refractivity contribution in [3.63, 3.8) is 0 Å². The number of fused-ring (bicyclic) bond motifs is 1. The Morgan fingerprint density at radius 2 is 2.09 bits per heavy atom. The zero-order valence-electron chi connectivity index (χ0n) is 12.6. The molecule has 0 bridgehead atoms. The normalized spacial score (nSPS) is 10.7. The van der Waals surface area contributed by atoms with Crippen LogP contribution in [0.5, 0.6) is 5.88 Å². The highest BCUT2D eigenvalue weighted by Gasteiger charge is 2.15. The number of aromatic nitrogens is 3. The maximum atomic E-state index is 12.6. The van der Waals surface area contributed by atoms with Crippen molar-refractivity contribution >= 4 is 22.5 Å². The average Bonchev–Trinajstić information content (AvgIpc) is 2.83. The summed E-state index contributed by atoms with van der Waals surface area (Å²) < 4.78 is 6.85. The lowest BCUT2D eigenvalue weighted by Gasteiger charge is -2.09. The van der Waals surface area contributed by atoms with Gasteiger partial charge in [-0.05, 0) is 13.0 Å². The van der Waals surface area contributed by atoms with Gasteiger partial charge in [0.25, 0.3) is 5.91 Å². The number of para-hydroxylation sites is 1. The Hall–Kier alpha value is -2.89. The van der Waals surface area contributed by atoms with Gasteiger partial charge in [-0.3, -0.25) is 9.48 Å². The molecular weight excluding hydrogens is 280 g/mol. The quantitative estimate of drug-likeness (QED) is 0.806. The van der Waals surface area contributed by atoms with Gasteiger partial charge >= 0.3 is 0 Å². The molecule has 0 fully saturated rings. The number of hydrogen-bond acceptors (Lipinski definition) is 4. The SMILES string of the molecule is COc1cc(C(=O)Nc2cn(C)nc2C)c2ccccc2n1. The van der Waals surface area contributed by atoms with Crippen LogP contribution in [0.1, 0.15) is 16.1 Å². The second-order valence-corrected chi connectivity index (χ2v) is 4.99. The first kappa shape index (κ1) is 14.1. The third-order valence-corrected chi connectivity index (χ3v) is 3.41. The van der Waals surface area contributed by atoms with Gasteiger partial charge in [-0.2, -0.15) is 5.10 Å². The molecular formula is C16H16N4O2. The van der Waals surface area contributed by atoms with Gasteiger partial charge in [-0.25, -0.2) is 4.98 Å². The van der Waals surface area contributed by atoms with Crippen LogP contribution in [0.15, 0.2) is 36.5 Å². The highest BCUT2D eigenvalue weighted by Crippen LogP contribution is 2.23. The summed E-state index contributed by atoms with van der Waals surface area (Å²) in [5, 5.41) is 7.88. The van der Waals surface area contributed by atoms with E-state index in [0.717, 1.165) is 16.6 Å². The fraction of sp³-hybridized carbons (Fsp3) is 0.188. The fourth-order valence-electron chi connectivity index (χ4n) is 2.36. The van der Waals surface area contributed by atoms with E-state index in [0.29, 0.717) is 17.1 Å². The first-order valence-corrected chi connectivity index (χ1v) is 6.84. The van der Waals surface area contributed by atoms with Crippen molar-refractivity contribution in [3.8, 4) is 5.88 Å². The number of methoxy groups -OCH3 is 1. The summed E-state index contributed by atoms with van der Waals surface area (Å²) in [6.07, 6.45) is 1.77. The number of amides is 1. The van der Waals surface area contributed by atoms with Crippen LogP contribution < -0.4 is 10.1 Å². The molecule has 2 heterocycles. The molecule has 6 nitrogen and oxygen atoms in total. The molecule has 1 aromatic carbocycles. The molecule has 0 aliphatic rings. The standard InChI is InChI=1S/C16H16N4O2/c1-10-14(9-20(2)19-10)18-16(21)12-8-15(22-3)17-13-7-5-4-6-11(12)13/h4-9H,1-3H3,(H,18,21). The van der Waals surface area contributed by atoms with Crippen LogP contribution in [0.4, 0.5) is 5.69 Å². The van der Waals surface area contributed by atoms with Crippen molar-refractivity contribution in [1.82, 2.24) is 14.8 Å². The summed E-state index contributed by atoms with van der Waals surface area (Å²) in [5.41, 5.74) is 2.69. The van der Waals surface area contributed by atoms with Crippen molar-refractivity contribution in [1.29, 1.82) is 0 Å². The summed E-state index contributed by atoms with van der Waals surface area (Å²) in [6, 6.07) is 9.12. The zero-order valence-corrected chi connectivity index (χ0v) is 12.6. The molecule has 0 spiro atoms. The molecule has 1 N–H and O–H groups in total. The molecule has 1 amide bonds. The number of pyridine rings is 1. The Morgan fingerprint density at radius 1 is 1.32 bits per heavy atom. The number of ether oxygens (including phenoxy) is 1. The molecule has 0 saturated heterocycles. The Bertz CT molecular complexity index is 854. The average molecular weight is 296 g/mol. The van der Waals surface area contributed by atoms with Crippen molar-refractivity contribution in [2.45, 2.75) is 6.92 Å². The van der Waals surface area contributed by atoms with Gasteiger partial charge in [0.05, 0.1) is 29.6 Å². The van der Waals surface area contributed by atoms with Gasteiger partial charge in [-0.1, -0.05) is 18.2 Å². The number of anilines is 1. The van der Waals surface area contributed by atoms with Gasteiger partial charge < -0.3 is 10.1 Å². The van der Waals surface area contributed by atoms with Crippen LogP contribution in [0, 0.1) is 6.92 Å².